The number of carbonyl (C=O) groups excluding carboxylic acids is 1. The Bertz CT molecular complexity index is 1230. The van der Waals surface area contributed by atoms with E-state index < -0.39 is 9.84 Å². The monoisotopic (exact) mass is 462 g/mol. The van der Waals surface area contributed by atoms with Crippen LogP contribution in [0.1, 0.15) is 36.5 Å². The van der Waals surface area contributed by atoms with Crippen LogP contribution in [0.2, 0.25) is 0 Å². The Balaban J connectivity index is 1.66. The van der Waals surface area contributed by atoms with E-state index >= 15 is 0 Å². The van der Waals surface area contributed by atoms with Crippen LogP contribution in [0.5, 0.6) is 0 Å². The van der Waals surface area contributed by atoms with Gasteiger partial charge in [0, 0.05) is 18.0 Å². The Morgan fingerprint density at radius 1 is 0.939 bits per heavy atom. The van der Waals surface area contributed by atoms with Gasteiger partial charge in [0.15, 0.2) is 0 Å². The minimum absolute atomic E-state index is 0.0797. The van der Waals surface area contributed by atoms with Gasteiger partial charge in [0.25, 0.3) is 0 Å². The first kappa shape index (κ1) is 23.2. The highest BCUT2D eigenvalue weighted by atomic mass is 32.2. The van der Waals surface area contributed by atoms with E-state index in [4.69, 9.17) is 0 Å². The van der Waals surface area contributed by atoms with Crippen molar-refractivity contribution in [1.29, 1.82) is 0 Å². The van der Waals surface area contributed by atoms with E-state index in [1.807, 2.05) is 24.3 Å². The molecule has 4 rings (SSSR count). The zero-order chi connectivity index (χ0) is 23.5. The average Bonchev–Trinajstić information content (AvgIpc) is 2.81. The largest absolute Gasteiger partial charge is 0.326 e. The topological polar surface area (TPSA) is 75.3 Å². The summed E-state index contributed by atoms with van der Waals surface area (Å²) in [6.07, 6.45) is 2.76. The Morgan fingerprint density at radius 3 is 2.21 bits per heavy atom. The number of nitrogens with one attached hydrogen (secondary N) is 2. The molecule has 0 radical (unpaired) electrons. The zero-order valence-corrected chi connectivity index (χ0v) is 19.9. The van der Waals surface area contributed by atoms with Gasteiger partial charge in [0.1, 0.15) is 0 Å². The molecule has 1 saturated heterocycles. The fraction of sp³-hybridized carbons (Fsp3) is 0.296. The molecular weight excluding hydrogens is 432 g/mol. The third-order valence-electron chi connectivity index (χ3n) is 6.52. The molecule has 0 spiro atoms. The Morgan fingerprint density at radius 2 is 1.58 bits per heavy atom. The zero-order valence-electron chi connectivity index (χ0n) is 19.1. The highest BCUT2D eigenvalue weighted by Crippen LogP contribution is 2.40. The molecule has 1 aliphatic rings. The van der Waals surface area contributed by atoms with Gasteiger partial charge in [-0.15, -0.1) is 0 Å². The summed E-state index contributed by atoms with van der Waals surface area (Å²) in [5.74, 6) is -0.0839. The van der Waals surface area contributed by atoms with Crippen molar-refractivity contribution in [1.82, 2.24) is 5.32 Å². The number of aryl methyl sites for hydroxylation is 1. The summed E-state index contributed by atoms with van der Waals surface area (Å²) in [7, 11) is -3.53. The molecule has 0 unspecified atom stereocenters. The van der Waals surface area contributed by atoms with Crippen LogP contribution in [0.4, 0.5) is 5.69 Å². The fourth-order valence-corrected chi connectivity index (χ4v) is 6.12. The van der Waals surface area contributed by atoms with E-state index in [1.54, 1.807) is 36.4 Å². The van der Waals surface area contributed by atoms with Gasteiger partial charge in [0.2, 0.25) is 15.7 Å². The highest BCUT2D eigenvalue weighted by molar-refractivity contribution is 7.91. The molecule has 0 bridgehead atoms. The third-order valence-corrected chi connectivity index (χ3v) is 8.31. The van der Waals surface area contributed by atoms with Gasteiger partial charge >= 0.3 is 0 Å². The van der Waals surface area contributed by atoms with E-state index in [0.29, 0.717) is 9.79 Å². The predicted octanol–water partition coefficient (Wildman–Crippen LogP) is 4.65. The third kappa shape index (κ3) is 5.02. The summed E-state index contributed by atoms with van der Waals surface area (Å²) in [4.78, 5) is 12.2. The first-order valence-electron chi connectivity index (χ1n) is 11.3. The van der Waals surface area contributed by atoms with E-state index in [1.165, 1.54) is 18.1 Å². The van der Waals surface area contributed by atoms with Crippen molar-refractivity contribution < 1.29 is 13.2 Å². The fourth-order valence-electron chi connectivity index (χ4n) is 4.83. The first-order chi connectivity index (χ1) is 15.8. The summed E-state index contributed by atoms with van der Waals surface area (Å²) >= 11 is 0. The number of anilines is 1. The average molecular weight is 463 g/mol. The summed E-state index contributed by atoms with van der Waals surface area (Å²) in [6, 6.07) is 22.0. The Hall–Kier alpha value is -2.96. The summed E-state index contributed by atoms with van der Waals surface area (Å²) in [5.41, 5.74) is 4.29. The van der Waals surface area contributed by atoms with Crippen molar-refractivity contribution in [2.45, 2.75) is 48.3 Å². The van der Waals surface area contributed by atoms with Crippen LogP contribution in [0.15, 0.2) is 82.6 Å². The van der Waals surface area contributed by atoms with Gasteiger partial charge in [-0.25, -0.2) is 8.42 Å². The molecule has 172 valence electrons. The number of piperidine rings is 1. The quantitative estimate of drug-likeness (QED) is 0.559. The second kappa shape index (κ2) is 9.49. The lowest BCUT2D eigenvalue weighted by Gasteiger charge is -2.40. The maximum atomic E-state index is 12.9. The molecule has 3 aromatic carbocycles. The van der Waals surface area contributed by atoms with Crippen molar-refractivity contribution in [3.05, 3.63) is 89.5 Å². The van der Waals surface area contributed by atoms with E-state index in [2.05, 4.69) is 29.7 Å². The second-order valence-electron chi connectivity index (χ2n) is 8.88. The van der Waals surface area contributed by atoms with Gasteiger partial charge < -0.3 is 10.6 Å². The molecule has 3 aromatic rings. The number of benzene rings is 3. The van der Waals surface area contributed by atoms with Crippen LogP contribution >= 0.6 is 0 Å². The molecule has 0 atom stereocenters. The van der Waals surface area contributed by atoms with Gasteiger partial charge in [-0.1, -0.05) is 36.4 Å². The SMILES string of the molecule is CC(=O)Nc1ccc(C)c(C2(Cc3ccc(S(=O)(=O)c4ccccc4)cc3)CCNCC2)c1. The van der Waals surface area contributed by atoms with Crippen LogP contribution in [-0.2, 0) is 26.5 Å². The lowest BCUT2D eigenvalue weighted by Crippen LogP contribution is -2.42. The van der Waals surface area contributed by atoms with Crippen molar-refractivity contribution in [2.75, 3.05) is 18.4 Å². The predicted molar refractivity (Wildman–Crippen MR) is 131 cm³/mol. The minimum atomic E-state index is -3.53. The molecular formula is C27H30N2O3S. The van der Waals surface area contributed by atoms with Crippen molar-refractivity contribution in [3.63, 3.8) is 0 Å². The lowest BCUT2D eigenvalue weighted by molar-refractivity contribution is -0.114. The minimum Gasteiger partial charge on any atom is -0.326 e. The molecule has 1 fully saturated rings. The molecule has 2 N–H and O–H groups in total. The number of hydrogen-bond donors (Lipinski definition) is 2. The van der Waals surface area contributed by atoms with E-state index in [9.17, 15) is 13.2 Å². The maximum absolute atomic E-state index is 12.9. The number of amides is 1. The Kier molecular flexibility index (Phi) is 6.68. The standard InChI is InChI=1S/C27H30N2O3S/c1-20-8-11-23(29-21(2)30)18-26(20)27(14-16-28-17-15-27)19-22-9-12-25(13-10-22)33(31,32)24-6-4-3-5-7-24/h3-13,18,28H,14-17,19H2,1-2H3,(H,29,30). The molecule has 1 amide bonds. The maximum Gasteiger partial charge on any atom is 0.221 e. The molecule has 6 heteroatoms. The molecule has 33 heavy (non-hydrogen) atoms. The highest BCUT2D eigenvalue weighted by Gasteiger charge is 2.35. The number of sulfone groups is 1. The van der Waals surface area contributed by atoms with Crippen molar-refractivity contribution in [2.24, 2.45) is 0 Å². The lowest BCUT2D eigenvalue weighted by atomic mass is 9.68. The molecule has 1 heterocycles. The molecule has 0 aromatic heterocycles. The molecule has 5 nitrogen and oxygen atoms in total. The van der Waals surface area contributed by atoms with Crippen molar-refractivity contribution in [3.8, 4) is 0 Å². The van der Waals surface area contributed by atoms with Crippen LogP contribution in [0.3, 0.4) is 0 Å². The normalized spacial score (nSPS) is 15.7. The Labute approximate surface area is 196 Å². The first-order valence-corrected chi connectivity index (χ1v) is 12.8. The summed E-state index contributed by atoms with van der Waals surface area (Å²) < 4.78 is 25.9. The van der Waals surface area contributed by atoms with Gasteiger partial charge in [-0.05, 0) is 92.4 Å². The van der Waals surface area contributed by atoms with Gasteiger partial charge in [-0.3, -0.25) is 4.79 Å². The van der Waals surface area contributed by atoms with Crippen molar-refractivity contribution >= 4 is 21.4 Å². The van der Waals surface area contributed by atoms with Crippen LogP contribution in [-0.4, -0.2) is 27.4 Å². The van der Waals surface area contributed by atoms with E-state index in [0.717, 1.165) is 43.6 Å². The molecule has 0 aliphatic carbocycles. The van der Waals surface area contributed by atoms with Gasteiger partial charge in [-0.2, -0.15) is 0 Å². The second-order valence-corrected chi connectivity index (χ2v) is 10.8. The molecule has 1 aliphatic heterocycles. The molecule has 0 saturated carbocycles. The van der Waals surface area contributed by atoms with Crippen LogP contribution in [0, 0.1) is 6.92 Å². The number of carbonyl (C=O) groups is 1. The van der Waals surface area contributed by atoms with Crippen LogP contribution < -0.4 is 10.6 Å². The number of hydrogen-bond acceptors (Lipinski definition) is 4. The smallest absolute Gasteiger partial charge is 0.221 e. The number of rotatable bonds is 6. The summed E-state index contributed by atoms with van der Waals surface area (Å²) in [6.45, 7) is 5.48. The van der Waals surface area contributed by atoms with Gasteiger partial charge in [0.05, 0.1) is 9.79 Å². The van der Waals surface area contributed by atoms with Crippen LogP contribution in [0.25, 0.3) is 0 Å². The van der Waals surface area contributed by atoms with E-state index in [-0.39, 0.29) is 11.3 Å². The summed E-state index contributed by atoms with van der Waals surface area (Å²) in [5, 5.41) is 6.37.